The number of hydrogen-bond acceptors (Lipinski definition) is 8. The summed E-state index contributed by atoms with van der Waals surface area (Å²) >= 11 is 13.5. The van der Waals surface area contributed by atoms with Gasteiger partial charge in [-0.3, -0.25) is 9.69 Å². The number of pyridine rings is 2. The molecular weight excluding hydrogens is 577 g/mol. The lowest BCUT2D eigenvalue weighted by molar-refractivity contribution is 0.159. The Bertz CT molecular complexity index is 1470. The largest absolute Gasteiger partial charge is 0.495 e. The molecule has 0 aliphatic carbocycles. The average Bonchev–Trinajstić information content (AvgIpc) is 2.99. The van der Waals surface area contributed by atoms with E-state index < -0.39 is 0 Å². The van der Waals surface area contributed by atoms with Gasteiger partial charge >= 0.3 is 0 Å². The Labute approximate surface area is 257 Å². The molecule has 0 bridgehead atoms. The second kappa shape index (κ2) is 14.3. The monoisotopic (exact) mass is 615 g/mol. The number of halogens is 2. The van der Waals surface area contributed by atoms with Crippen molar-refractivity contribution >= 4 is 39.9 Å². The molecule has 0 amide bonds. The van der Waals surface area contributed by atoms with Crippen LogP contribution in [0.1, 0.15) is 13.3 Å². The first-order valence-electron chi connectivity index (χ1n) is 13.9. The molecule has 1 saturated heterocycles. The first-order chi connectivity index (χ1) is 20.2. The van der Waals surface area contributed by atoms with Gasteiger partial charge in [-0.25, -0.2) is 4.98 Å². The highest BCUT2D eigenvalue weighted by atomic mass is 35.5. The number of hydrogen-bond donors (Lipinski definition) is 1. The van der Waals surface area contributed by atoms with Crippen molar-refractivity contribution < 1.29 is 14.2 Å². The molecule has 1 aliphatic rings. The van der Waals surface area contributed by atoms with E-state index in [4.69, 9.17) is 37.4 Å². The van der Waals surface area contributed by atoms with Crippen LogP contribution in [0.5, 0.6) is 11.5 Å². The Morgan fingerprint density at radius 2 is 1.74 bits per heavy atom. The van der Waals surface area contributed by atoms with Crippen LogP contribution in [0.3, 0.4) is 0 Å². The number of nitrogens with zero attached hydrogens (tertiary/aromatic N) is 4. The van der Waals surface area contributed by atoms with E-state index >= 15 is 0 Å². The third-order valence-electron chi connectivity index (χ3n) is 7.50. The van der Waals surface area contributed by atoms with Crippen LogP contribution in [0.15, 0.2) is 54.1 Å². The minimum Gasteiger partial charge on any atom is -0.495 e. The van der Waals surface area contributed by atoms with Gasteiger partial charge in [0.2, 0.25) is 0 Å². The van der Waals surface area contributed by atoms with Crippen molar-refractivity contribution in [2.24, 2.45) is 0 Å². The molecule has 9 nitrogen and oxygen atoms in total. The Morgan fingerprint density at radius 3 is 2.33 bits per heavy atom. The molecular formula is C31H39Cl2N5O4. The van der Waals surface area contributed by atoms with Gasteiger partial charge in [0, 0.05) is 80.9 Å². The van der Waals surface area contributed by atoms with Crippen molar-refractivity contribution in [3.63, 3.8) is 0 Å². The van der Waals surface area contributed by atoms with Crippen LogP contribution in [0, 0.1) is 0 Å². The third kappa shape index (κ3) is 6.86. The molecule has 2 aromatic heterocycles. The van der Waals surface area contributed by atoms with Crippen LogP contribution in [0.25, 0.3) is 22.0 Å². The molecule has 0 unspecified atom stereocenters. The van der Waals surface area contributed by atoms with E-state index in [-0.39, 0.29) is 21.6 Å². The Kier molecular flexibility index (Phi) is 10.8. The first-order valence-corrected chi connectivity index (χ1v) is 14.7. The molecule has 0 spiro atoms. The maximum absolute atomic E-state index is 14.2. The second-order valence-corrected chi connectivity index (χ2v) is 11.1. The van der Waals surface area contributed by atoms with E-state index in [1.54, 1.807) is 36.1 Å². The molecule has 1 atom stereocenters. The van der Waals surface area contributed by atoms with Gasteiger partial charge < -0.3 is 29.0 Å². The fraction of sp³-hybridized carbons (Fsp3) is 0.419. The highest BCUT2D eigenvalue weighted by molar-refractivity contribution is 6.41. The van der Waals surface area contributed by atoms with Crippen LogP contribution in [-0.2, 0) is 11.3 Å². The van der Waals surface area contributed by atoms with Crippen molar-refractivity contribution in [3.05, 3.63) is 69.7 Å². The van der Waals surface area contributed by atoms with Crippen molar-refractivity contribution in [1.82, 2.24) is 19.4 Å². The van der Waals surface area contributed by atoms with Gasteiger partial charge in [0.1, 0.15) is 17.3 Å². The number of ether oxygens (including phenoxy) is 3. The summed E-state index contributed by atoms with van der Waals surface area (Å²) < 4.78 is 18.0. The third-order valence-corrected chi connectivity index (χ3v) is 8.25. The van der Waals surface area contributed by atoms with Crippen LogP contribution < -0.4 is 20.3 Å². The first kappa shape index (κ1) is 31.7. The molecule has 42 heavy (non-hydrogen) atoms. The van der Waals surface area contributed by atoms with Gasteiger partial charge in [0.15, 0.2) is 0 Å². The van der Waals surface area contributed by atoms with Crippen LogP contribution >= 0.6 is 23.2 Å². The average molecular weight is 617 g/mol. The summed E-state index contributed by atoms with van der Waals surface area (Å²) in [6.07, 6.45) is 4.32. The van der Waals surface area contributed by atoms with Gasteiger partial charge in [0.25, 0.3) is 5.56 Å². The number of piperazine rings is 1. The van der Waals surface area contributed by atoms with Gasteiger partial charge in [-0.1, -0.05) is 36.4 Å². The summed E-state index contributed by atoms with van der Waals surface area (Å²) in [4.78, 5) is 23.5. The lowest BCUT2D eigenvalue weighted by Crippen LogP contribution is -2.45. The summed E-state index contributed by atoms with van der Waals surface area (Å²) in [7, 11) is 4.67. The maximum Gasteiger partial charge on any atom is 0.259 e. The molecule has 3 heterocycles. The second-order valence-electron chi connectivity index (χ2n) is 10.3. The van der Waals surface area contributed by atoms with Gasteiger partial charge in [0.05, 0.1) is 42.0 Å². The predicted octanol–water partition coefficient (Wildman–Crippen LogP) is 5.54. The van der Waals surface area contributed by atoms with Crippen LogP contribution in [0.4, 0.5) is 5.82 Å². The fourth-order valence-electron chi connectivity index (χ4n) is 5.26. The number of rotatable bonds is 13. The van der Waals surface area contributed by atoms with E-state index in [1.165, 1.54) is 14.2 Å². The number of aromatic nitrogens is 2. The van der Waals surface area contributed by atoms with Gasteiger partial charge in [-0.2, -0.15) is 0 Å². The van der Waals surface area contributed by atoms with Crippen LogP contribution in [0.2, 0.25) is 10.0 Å². The molecule has 4 rings (SSSR count). The number of methoxy groups -OCH3 is 3. The molecule has 226 valence electrons. The normalized spacial score (nSPS) is 14.6. The number of aryl methyl sites for hydroxylation is 1. The highest BCUT2D eigenvalue weighted by Crippen LogP contribution is 2.45. The number of benzene rings is 1. The number of fused-ring (bicyclic) bond motifs is 1. The molecule has 0 radical (unpaired) electrons. The van der Waals surface area contributed by atoms with Crippen LogP contribution in [-0.4, -0.2) is 86.1 Å². The van der Waals surface area contributed by atoms with Gasteiger partial charge in [-0.15, -0.1) is 0 Å². The van der Waals surface area contributed by atoms with E-state index in [2.05, 4.69) is 33.3 Å². The van der Waals surface area contributed by atoms with Crippen molar-refractivity contribution in [2.75, 3.05) is 66.0 Å². The zero-order chi connectivity index (χ0) is 30.4. The van der Waals surface area contributed by atoms with E-state index in [9.17, 15) is 4.79 Å². The topological polar surface area (TPSA) is 81.1 Å². The summed E-state index contributed by atoms with van der Waals surface area (Å²) in [5.74, 6) is 1.38. The summed E-state index contributed by atoms with van der Waals surface area (Å²) in [6.45, 7) is 15.4. The molecule has 1 aromatic carbocycles. The van der Waals surface area contributed by atoms with Gasteiger partial charge in [-0.05, 0) is 32.0 Å². The van der Waals surface area contributed by atoms with Crippen molar-refractivity contribution in [2.45, 2.75) is 25.9 Å². The number of anilines is 1. The minimum atomic E-state index is -0.212. The summed E-state index contributed by atoms with van der Waals surface area (Å²) in [5, 5.41) is 4.61. The minimum absolute atomic E-state index is 0.0390. The van der Waals surface area contributed by atoms with Crippen molar-refractivity contribution in [1.29, 1.82) is 0 Å². The van der Waals surface area contributed by atoms with E-state index in [0.717, 1.165) is 55.7 Å². The molecule has 11 heteroatoms. The quantitative estimate of drug-likeness (QED) is 0.251. The maximum atomic E-state index is 14.2. The number of nitrogens with one attached hydrogen (secondary N) is 1. The zero-order valence-corrected chi connectivity index (χ0v) is 26.2. The Hall–Kier alpha value is -3.24. The van der Waals surface area contributed by atoms with E-state index in [0.29, 0.717) is 41.6 Å². The summed E-state index contributed by atoms with van der Waals surface area (Å²) in [5.41, 5.74) is 2.22. The molecule has 3 aromatic rings. The SMILES string of the molecule is C=CC(=C)N1CCN(CCCn2c(=O)c(-c3c(Cl)c(OC)cc(OC)c3Cl)cc3cnc(N[C@@H](C)COC)cc32)CC1. The Balaban J connectivity index is 1.73. The lowest BCUT2D eigenvalue weighted by atomic mass is 10.0. The Morgan fingerprint density at radius 1 is 1.07 bits per heavy atom. The molecule has 1 aliphatic heterocycles. The molecule has 1 fully saturated rings. The number of allylic oxidation sites excluding steroid dienone is 1. The smallest absolute Gasteiger partial charge is 0.259 e. The summed E-state index contributed by atoms with van der Waals surface area (Å²) in [6, 6.07) is 5.33. The fourth-order valence-corrected chi connectivity index (χ4v) is 5.96. The molecule has 0 saturated carbocycles. The van der Waals surface area contributed by atoms with E-state index in [1.807, 2.05) is 13.0 Å². The zero-order valence-electron chi connectivity index (χ0n) is 24.7. The highest BCUT2D eigenvalue weighted by Gasteiger charge is 2.23. The predicted molar refractivity (Wildman–Crippen MR) is 171 cm³/mol. The van der Waals surface area contributed by atoms with Crippen molar-refractivity contribution in [3.8, 4) is 22.6 Å². The molecule has 1 N–H and O–H groups in total. The standard InChI is InChI=1S/C31H39Cl2N5O4/c1-7-21(3)37-13-11-36(12-14-37)9-8-10-38-24-16-27(35-20(2)19-40-4)34-18-22(24)15-23(31(38)39)28-29(32)25(41-5)17-26(42-6)30(28)33/h7,15-18,20H,1,3,8-14,19H2,2,4-6H3,(H,34,35)/t20-/m0/s1. The lowest BCUT2D eigenvalue weighted by Gasteiger charge is -2.36.